The number of hydrogen-bond donors (Lipinski definition) is 1. The van der Waals surface area contributed by atoms with E-state index in [1.165, 1.54) is 5.56 Å². The second kappa shape index (κ2) is 17.0. The summed E-state index contributed by atoms with van der Waals surface area (Å²) >= 11 is 0. The molecule has 1 aliphatic carbocycles. The lowest BCUT2D eigenvalue weighted by atomic mass is 9.70. The molecule has 7 nitrogen and oxygen atoms in total. The molecule has 7 aromatic rings. The molecule has 2 heterocycles. The fraction of sp³-hybridized carbons (Fsp3) is 0.185. The number of rotatable bonds is 10. The number of aliphatic imine (C=N–C) groups is 1. The van der Waals surface area contributed by atoms with Crippen molar-refractivity contribution < 1.29 is 9.31 Å². The zero-order valence-electron chi connectivity index (χ0n) is 36.1. The van der Waals surface area contributed by atoms with E-state index in [9.17, 15) is 0 Å². The fourth-order valence-corrected chi connectivity index (χ4v) is 8.07. The lowest BCUT2D eigenvalue weighted by Gasteiger charge is -2.32. The molecule has 2 aliphatic rings. The zero-order chi connectivity index (χ0) is 42.8. The predicted molar refractivity (Wildman–Crippen MR) is 255 cm³/mol. The van der Waals surface area contributed by atoms with E-state index in [2.05, 4.69) is 154 Å². The molecule has 9 rings (SSSR count). The third-order valence-electron chi connectivity index (χ3n) is 12.3. The van der Waals surface area contributed by atoms with Crippen molar-refractivity contribution in [2.45, 2.75) is 51.7 Å². The average Bonchev–Trinajstić information content (AvgIpc) is 3.53. The summed E-state index contributed by atoms with van der Waals surface area (Å²) in [6.45, 7) is 10.6. The van der Waals surface area contributed by atoms with Gasteiger partial charge in [-0.05, 0) is 103 Å². The first-order chi connectivity index (χ1) is 30.0. The number of nitrogens with one attached hydrogen (secondary N) is 1. The monoisotopic (exact) mass is 811 g/mol. The summed E-state index contributed by atoms with van der Waals surface area (Å²) in [5.41, 5.74) is 11.7. The average molecular weight is 812 g/mol. The molecule has 8 heteroatoms. The number of benzene rings is 6. The molecular weight excluding hydrogens is 761 g/mol. The van der Waals surface area contributed by atoms with E-state index in [1.54, 1.807) is 0 Å². The number of allylic oxidation sites excluding steroid dienone is 4. The van der Waals surface area contributed by atoms with E-state index in [0.717, 1.165) is 61.4 Å². The van der Waals surface area contributed by atoms with Gasteiger partial charge in [0.1, 0.15) is 0 Å². The molecule has 1 aliphatic heterocycles. The Bertz CT molecular complexity index is 2760. The Balaban J connectivity index is 0.973. The van der Waals surface area contributed by atoms with Gasteiger partial charge in [-0.2, -0.15) is 0 Å². The van der Waals surface area contributed by atoms with Gasteiger partial charge in [0.2, 0.25) is 0 Å². The van der Waals surface area contributed by atoms with Crippen molar-refractivity contribution >= 4 is 24.7 Å². The zero-order valence-corrected chi connectivity index (χ0v) is 36.1. The van der Waals surface area contributed by atoms with E-state index in [1.807, 2.05) is 73.9 Å². The smallest absolute Gasteiger partial charge is 0.399 e. The van der Waals surface area contributed by atoms with Crippen LogP contribution in [0.4, 0.5) is 11.4 Å². The molecule has 1 saturated heterocycles. The lowest BCUT2D eigenvalue weighted by molar-refractivity contribution is 0.00578. The molecule has 1 N–H and O–H groups in total. The molecule has 0 spiro atoms. The first-order valence-electron chi connectivity index (χ1n) is 21.3. The predicted octanol–water partition coefficient (Wildman–Crippen LogP) is 12.8. The molecule has 1 fully saturated rings. The quantitative estimate of drug-likeness (QED) is 0.109. The van der Waals surface area contributed by atoms with Crippen LogP contribution in [0.2, 0.25) is 0 Å². The number of aromatic nitrogens is 3. The van der Waals surface area contributed by atoms with Gasteiger partial charge in [0.15, 0.2) is 17.5 Å². The Morgan fingerprint density at radius 2 is 1.08 bits per heavy atom. The van der Waals surface area contributed by atoms with Crippen LogP contribution in [-0.4, -0.2) is 46.5 Å². The fourth-order valence-electron chi connectivity index (χ4n) is 8.07. The highest BCUT2D eigenvalue weighted by atomic mass is 16.7. The van der Waals surface area contributed by atoms with Gasteiger partial charge >= 0.3 is 7.12 Å². The van der Waals surface area contributed by atoms with Gasteiger partial charge in [0.25, 0.3) is 0 Å². The van der Waals surface area contributed by atoms with E-state index >= 15 is 0 Å². The molecule has 0 saturated carbocycles. The van der Waals surface area contributed by atoms with Crippen LogP contribution in [0.15, 0.2) is 180 Å². The first kappa shape index (κ1) is 40.7. The highest BCUT2D eigenvalue weighted by Gasteiger charge is 2.52. The largest absolute Gasteiger partial charge is 0.494 e. The third-order valence-corrected chi connectivity index (χ3v) is 12.3. The molecule has 2 unspecified atom stereocenters. The van der Waals surface area contributed by atoms with Gasteiger partial charge in [0, 0.05) is 52.8 Å². The molecule has 6 aromatic carbocycles. The van der Waals surface area contributed by atoms with Crippen LogP contribution in [0.3, 0.4) is 0 Å². The Morgan fingerprint density at radius 3 is 1.66 bits per heavy atom. The van der Waals surface area contributed by atoms with Crippen LogP contribution in [0.25, 0.3) is 56.4 Å². The highest BCUT2D eigenvalue weighted by molar-refractivity contribution is 6.55. The minimum absolute atomic E-state index is 0.166. The summed E-state index contributed by atoms with van der Waals surface area (Å²) in [5.74, 6) is 2.38. The maximum atomic E-state index is 6.42. The number of anilines is 2. The number of hydrogen-bond acceptors (Lipinski definition) is 7. The Labute approximate surface area is 365 Å². The van der Waals surface area contributed by atoms with Crippen molar-refractivity contribution in [1.29, 1.82) is 0 Å². The summed E-state index contributed by atoms with van der Waals surface area (Å²) < 4.78 is 12.8. The van der Waals surface area contributed by atoms with Crippen molar-refractivity contribution in [3.05, 3.63) is 186 Å². The van der Waals surface area contributed by atoms with Crippen molar-refractivity contribution in [3.63, 3.8) is 0 Å². The van der Waals surface area contributed by atoms with Gasteiger partial charge in [-0.1, -0.05) is 140 Å². The summed E-state index contributed by atoms with van der Waals surface area (Å²) in [6.07, 6.45) is 8.67. The van der Waals surface area contributed by atoms with Crippen molar-refractivity contribution in [2.24, 2.45) is 10.9 Å². The summed E-state index contributed by atoms with van der Waals surface area (Å²) in [5, 5.41) is 3.71. The third kappa shape index (κ3) is 8.44. The Morgan fingerprint density at radius 1 is 0.581 bits per heavy atom. The molecule has 62 heavy (non-hydrogen) atoms. The van der Waals surface area contributed by atoms with Gasteiger partial charge in [-0.25, -0.2) is 15.0 Å². The maximum absolute atomic E-state index is 6.42. The topological polar surface area (TPSA) is 81.5 Å². The van der Waals surface area contributed by atoms with Crippen molar-refractivity contribution in [1.82, 2.24) is 15.0 Å². The summed E-state index contributed by atoms with van der Waals surface area (Å²) in [6, 6.07) is 52.4. The van der Waals surface area contributed by atoms with E-state index < -0.39 is 18.3 Å². The van der Waals surface area contributed by atoms with E-state index in [0.29, 0.717) is 23.4 Å². The van der Waals surface area contributed by atoms with Crippen molar-refractivity contribution in [2.75, 3.05) is 12.4 Å². The van der Waals surface area contributed by atoms with Gasteiger partial charge in [-0.3, -0.25) is 4.99 Å². The molecule has 2 atom stereocenters. The second-order valence-electron chi connectivity index (χ2n) is 17.1. The van der Waals surface area contributed by atoms with Crippen LogP contribution < -0.4 is 5.32 Å². The summed E-state index contributed by atoms with van der Waals surface area (Å²) in [4.78, 5) is 19.3. The van der Waals surface area contributed by atoms with Crippen LogP contribution in [0.5, 0.6) is 0 Å². The molecular formula is C54H50BN5O2. The molecule has 0 radical (unpaired) electrons. The Hall–Kier alpha value is -6.74. The highest BCUT2D eigenvalue weighted by Crippen LogP contribution is 2.42. The SMILES string of the molecule is CN=Cc1cc(C2C=C(B3OC(C)(C)C(C)(C)O3)C=CC2C)ccc1Nc1cccc(-c2cccc(-c3cccc(-c4nc(-c5ccccc5)nc(-c5ccccc5)n4)c3)c2)c1. The standard InChI is InChI=1S/C54H50BN5O2/c1-36-26-28-46(55-61-53(2,3)54(4,5)62-55)34-48(36)43-27-29-49(45(32-43)35-56-6)57-47-25-15-23-42(33-47)40-21-13-20-39(30-40)41-22-14-24-44(31-41)52-59-50(37-16-9-7-10-17-37)58-51(60-52)38-18-11-8-12-19-38/h7-36,48,57H,1-6H3. The summed E-state index contributed by atoms with van der Waals surface area (Å²) in [7, 11) is 1.42. The normalized spacial score (nSPS) is 17.9. The molecule has 0 bridgehead atoms. The van der Waals surface area contributed by atoms with E-state index in [-0.39, 0.29) is 5.92 Å². The molecule has 306 valence electrons. The molecule has 0 amide bonds. The van der Waals surface area contributed by atoms with Crippen LogP contribution in [-0.2, 0) is 9.31 Å². The van der Waals surface area contributed by atoms with E-state index in [4.69, 9.17) is 24.3 Å². The lowest BCUT2D eigenvalue weighted by Crippen LogP contribution is -2.41. The van der Waals surface area contributed by atoms with Crippen molar-refractivity contribution in [3.8, 4) is 56.4 Å². The first-order valence-corrected chi connectivity index (χ1v) is 21.3. The molecule has 1 aromatic heterocycles. The van der Waals surface area contributed by atoms with Crippen LogP contribution >= 0.6 is 0 Å². The van der Waals surface area contributed by atoms with Crippen LogP contribution in [0.1, 0.15) is 51.7 Å². The van der Waals surface area contributed by atoms with Gasteiger partial charge in [0.05, 0.1) is 11.2 Å². The minimum atomic E-state index is -0.397. The van der Waals surface area contributed by atoms with Crippen LogP contribution in [0, 0.1) is 5.92 Å². The second-order valence-corrected chi connectivity index (χ2v) is 17.1. The maximum Gasteiger partial charge on any atom is 0.494 e. The number of nitrogens with zero attached hydrogens (tertiary/aromatic N) is 4. The van der Waals surface area contributed by atoms with Gasteiger partial charge < -0.3 is 14.6 Å². The minimum Gasteiger partial charge on any atom is -0.399 e. The Kier molecular flexibility index (Phi) is 11.1. The van der Waals surface area contributed by atoms with Gasteiger partial charge in [-0.15, -0.1) is 0 Å².